The average Bonchev–Trinajstić information content (AvgIpc) is 3.32. The number of aromatic nitrogens is 3. The van der Waals surface area contributed by atoms with E-state index in [0.29, 0.717) is 28.3 Å². The Labute approximate surface area is 160 Å². The van der Waals surface area contributed by atoms with Gasteiger partial charge in [-0.2, -0.15) is 4.98 Å². The van der Waals surface area contributed by atoms with E-state index in [0.717, 1.165) is 36.1 Å². The number of aryl methyl sites for hydroxylation is 1. The molecule has 0 radical (unpaired) electrons. The Balaban J connectivity index is 1.61. The van der Waals surface area contributed by atoms with Gasteiger partial charge in [-0.15, -0.1) is 11.3 Å². The van der Waals surface area contributed by atoms with E-state index in [1.807, 2.05) is 29.6 Å². The predicted molar refractivity (Wildman–Crippen MR) is 102 cm³/mol. The number of esters is 1. The fourth-order valence-corrected chi connectivity index (χ4v) is 3.55. The molecule has 2 heterocycles. The Kier molecular flexibility index (Phi) is 4.72. The van der Waals surface area contributed by atoms with Gasteiger partial charge >= 0.3 is 5.97 Å². The lowest BCUT2D eigenvalue weighted by atomic mass is 10.1. The number of benzene rings is 1. The lowest BCUT2D eigenvalue weighted by Gasteiger charge is -2.11. The molecule has 0 spiro atoms. The number of nitrogen functional groups attached to an aromatic ring is 1. The zero-order valence-corrected chi connectivity index (χ0v) is 15.6. The molecule has 1 aromatic carbocycles. The molecular formula is C19H18N4O3S. The predicted octanol–water partition coefficient (Wildman–Crippen LogP) is 3.18. The molecule has 0 fully saturated rings. The summed E-state index contributed by atoms with van der Waals surface area (Å²) in [6, 6.07) is 7.33. The third-order valence-electron chi connectivity index (χ3n) is 4.36. The van der Waals surface area contributed by atoms with Crippen LogP contribution in [0.25, 0.3) is 11.5 Å². The summed E-state index contributed by atoms with van der Waals surface area (Å²) in [5.41, 5.74) is 9.30. The number of rotatable bonds is 5. The molecule has 0 aliphatic heterocycles. The molecule has 0 amide bonds. The zero-order chi connectivity index (χ0) is 18.8. The number of hydrogen-bond acceptors (Lipinski definition) is 8. The van der Waals surface area contributed by atoms with Crippen LogP contribution in [-0.2, 0) is 28.8 Å². The fourth-order valence-electron chi connectivity index (χ4n) is 3.01. The third kappa shape index (κ3) is 3.75. The van der Waals surface area contributed by atoms with Crippen LogP contribution < -0.4 is 10.5 Å². The van der Waals surface area contributed by atoms with Crippen LogP contribution in [0, 0.1) is 0 Å². The number of hydrogen-bond donors (Lipinski definition) is 1. The Hall–Kier alpha value is -3.00. The van der Waals surface area contributed by atoms with Crippen molar-refractivity contribution in [1.29, 1.82) is 0 Å². The first-order chi connectivity index (χ1) is 13.1. The second-order valence-electron chi connectivity index (χ2n) is 6.20. The van der Waals surface area contributed by atoms with Crippen LogP contribution in [0.2, 0.25) is 0 Å². The molecule has 0 unspecified atom stereocenters. The van der Waals surface area contributed by atoms with Crippen molar-refractivity contribution in [2.75, 3.05) is 12.8 Å². The van der Waals surface area contributed by atoms with Gasteiger partial charge in [-0.25, -0.2) is 9.97 Å². The highest BCUT2D eigenvalue weighted by molar-refractivity contribution is 7.13. The molecule has 1 aliphatic carbocycles. The van der Waals surface area contributed by atoms with Crippen LogP contribution >= 0.6 is 11.3 Å². The summed E-state index contributed by atoms with van der Waals surface area (Å²) in [7, 11) is 1.38. The molecule has 8 heteroatoms. The number of carbonyl (C=O) groups excluding carboxylic acids is 1. The van der Waals surface area contributed by atoms with Crippen molar-refractivity contribution in [2.24, 2.45) is 0 Å². The molecular weight excluding hydrogens is 364 g/mol. The van der Waals surface area contributed by atoms with Crippen molar-refractivity contribution >= 4 is 22.4 Å². The van der Waals surface area contributed by atoms with Crippen LogP contribution in [-0.4, -0.2) is 28.0 Å². The first-order valence-electron chi connectivity index (χ1n) is 8.57. The SMILES string of the molecule is COC(=O)Cc1ccc(Oc2nc(-c3csc(N)n3)nc3c2CCC3)cc1. The van der Waals surface area contributed by atoms with Gasteiger partial charge in [0.25, 0.3) is 0 Å². The number of ether oxygens (including phenoxy) is 2. The zero-order valence-electron chi connectivity index (χ0n) is 14.8. The van der Waals surface area contributed by atoms with E-state index in [1.54, 1.807) is 0 Å². The number of carbonyl (C=O) groups is 1. The number of anilines is 1. The summed E-state index contributed by atoms with van der Waals surface area (Å²) in [6.07, 6.45) is 3.06. The van der Waals surface area contributed by atoms with Crippen molar-refractivity contribution in [3.63, 3.8) is 0 Å². The molecule has 7 nitrogen and oxygen atoms in total. The van der Waals surface area contributed by atoms with Gasteiger partial charge in [0.05, 0.1) is 19.2 Å². The van der Waals surface area contributed by atoms with Crippen LogP contribution in [0.1, 0.15) is 23.2 Å². The molecule has 0 saturated carbocycles. The number of fused-ring (bicyclic) bond motifs is 1. The van der Waals surface area contributed by atoms with Crippen molar-refractivity contribution in [1.82, 2.24) is 15.0 Å². The van der Waals surface area contributed by atoms with Gasteiger partial charge in [0.15, 0.2) is 11.0 Å². The van der Waals surface area contributed by atoms with E-state index in [1.165, 1.54) is 18.4 Å². The first-order valence-corrected chi connectivity index (χ1v) is 9.45. The molecule has 2 N–H and O–H groups in total. The molecule has 4 rings (SSSR count). The third-order valence-corrected chi connectivity index (χ3v) is 5.03. The molecule has 2 aromatic heterocycles. The maximum absolute atomic E-state index is 11.4. The van der Waals surface area contributed by atoms with Gasteiger partial charge in [-0.3, -0.25) is 4.79 Å². The highest BCUT2D eigenvalue weighted by Gasteiger charge is 2.22. The summed E-state index contributed by atoms with van der Waals surface area (Å²) < 4.78 is 10.7. The average molecular weight is 382 g/mol. The Morgan fingerprint density at radius 1 is 1.19 bits per heavy atom. The lowest BCUT2D eigenvalue weighted by molar-refractivity contribution is -0.139. The van der Waals surface area contributed by atoms with Crippen molar-refractivity contribution in [3.05, 3.63) is 46.5 Å². The maximum Gasteiger partial charge on any atom is 0.309 e. The molecule has 0 saturated heterocycles. The number of thiazole rings is 1. The smallest absolute Gasteiger partial charge is 0.309 e. The standard InChI is InChI=1S/C19H18N4O3S/c1-25-16(24)9-11-5-7-12(8-6-11)26-18-13-3-2-4-14(13)21-17(23-18)15-10-27-19(20)22-15/h5-8,10H,2-4,9H2,1H3,(H2,20,22). The highest BCUT2D eigenvalue weighted by atomic mass is 32.1. The lowest BCUT2D eigenvalue weighted by Crippen LogP contribution is -2.04. The van der Waals surface area contributed by atoms with E-state index in [2.05, 4.69) is 19.7 Å². The fraction of sp³-hybridized carbons (Fsp3) is 0.263. The second kappa shape index (κ2) is 7.32. The minimum absolute atomic E-state index is 0.231. The number of methoxy groups -OCH3 is 1. The van der Waals surface area contributed by atoms with Gasteiger partial charge in [0, 0.05) is 10.9 Å². The van der Waals surface area contributed by atoms with E-state index < -0.39 is 0 Å². The van der Waals surface area contributed by atoms with Crippen molar-refractivity contribution < 1.29 is 14.3 Å². The molecule has 0 bridgehead atoms. The molecule has 3 aromatic rings. The van der Waals surface area contributed by atoms with Crippen LogP contribution in [0.3, 0.4) is 0 Å². The minimum Gasteiger partial charge on any atom is -0.469 e. The van der Waals surface area contributed by atoms with Gasteiger partial charge in [0.2, 0.25) is 5.88 Å². The number of nitrogens with zero attached hydrogens (tertiary/aromatic N) is 3. The molecule has 138 valence electrons. The van der Waals surface area contributed by atoms with E-state index in [-0.39, 0.29) is 12.4 Å². The van der Waals surface area contributed by atoms with Crippen molar-refractivity contribution in [2.45, 2.75) is 25.7 Å². The maximum atomic E-state index is 11.4. The second-order valence-corrected chi connectivity index (χ2v) is 7.09. The Morgan fingerprint density at radius 3 is 2.70 bits per heavy atom. The normalized spacial score (nSPS) is 12.6. The van der Waals surface area contributed by atoms with Gasteiger partial charge in [-0.1, -0.05) is 12.1 Å². The van der Waals surface area contributed by atoms with Crippen LogP contribution in [0.4, 0.5) is 5.13 Å². The Morgan fingerprint density at radius 2 is 2.00 bits per heavy atom. The van der Waals surface area contributed by atoms with Crippen LogP contribution in [0.15, 0.2) is 29.6 Å². The Bertz CT molecular complexity index is 985. The van der Waals surface area contributed by atoms with E-state index in [9.17, 15) is 4.79 Å². The van der Waals surface area contributed by atoms with Gasteiger partial charge in [0.1, 0.15) is 11.4 Å². The number of nitrogens with two attached hydrogens (primary N) is 1. The molecule has 27 heavy (non-hydrogen) atoms. The topological polar surface area (TPSA) is 100 Å². The summed E-state index contributed by atoms with van der Waals surface area (Å²) >= 11 is 1.36. The molecule has 1 aliphatic rings. The summed E-state index contributed by atoms with van der Waals surface area (Å²) in [4.78, 5) is 24.9. The van der Waals surface area contributed by atoms with Gasteiger partial charge in [-0.05, 0) is 37.0 Å². The monoisotopic (exact) mass is 382 g/mol. The van der Waals surface area contributed by atoms with Gasteiger partial charge < -0.3 is 15.2 Å². The highest BCUT2D eigenvalue weighted by Crippen LogP contribution is 2.33. The summed E-state index contributed by atoms with van der Waals surface area (Å²) in [5.74, 6) is 1.46. The summed E-state index contributed by atoms with van der Waals surface area (Å²) in [6.45, 7) is 0. The largest absolute Gasteiger partial charge is 0.469 e. The van der Waals surface area contributed by atoms with E-state index >= 15 is 0 Å². The quantitative estimate of drug-likeness (QED) is 0.676. The van der Waals surface area contributed by atoms with E-state index in [4.69, 9.17) is 10.5 Å². The minimum atomic E-state index is -0.274. The molecule has 0 atom stereocenters. The van der Waals surface area contributed by atoms with Crippen molar-refractivity contribution in [3.8, 4) is 23.1 Å². The first kappa shape index (κ1) is 17.4. The van der Waals surface area contributed by atoms with Crippen LogP contribution in [0.5, 0.6) is 11.6 Å². The summed E-state index contributed by atoms with van der Waals surface area (Å²) in [5, 5.41) is 2.33.